The molecule has 96 valence electrons. The van der Waals surface area contributed by atoms with Crippen LogP contribution in [0.15, 0.2) is 36.4 Å². The monoisotopic (exact) mass is 249 g/mol. The lowest BCUT2D eigenvalue weighted by atomic mass is 10.2. The fourth-order valence-electron chi connectivity index (χ4n) is 1.27. The van der Waals surface area contributed by atoms with Gasteiger partial charge in [-0.1, -0.05) is 12.1 Å². The van der Waals surface area contributed by atoms with Crippen molar-refractivity contribution in [1.29, 1.82) is 0 Å². The first-order valence-electron chi connectivity index (χ1n) is 5.52. The summed E-state index contributed by atoms with van der Waals surface area (Å²) in [6, 6.07) is 7.31. The Labute approximate surface area is 105 Å². The molecular weight excluding hydrogens is 234 g/mol. The minimum Gasteiger partial charge on any atom is -0.494 e. The van der Waals surface area contributed by atoms with E-state index in [9.17, 15) is 9.59 Å². The summed E-state index contributed by atoms with van der Waals surface area (Å²) in [5.41, 5.74) is 0.913. The number of hydrogen-bond donors (Lipinski definition) is 2. The molecule has 0 fully saturated rings. The number of benzene rings is 1. The topological polar surface area (TPSA) is 75.6 Å². The third-order valence-corrected chi connectivity index (χ3v) is 2.08. The first kappa shape index (κ1) is 13.8. The molecule has 0 heterocycles. The largest absolute Gasteiger partial charge is 0.494 e. The third-order valence-electron chi connectivity index (χ3n) is 2.08. The molecule has 0 atom stereocenters. The molecule has 1 aromatic rings. The van der Waals surface area contributed by atoms with E-state index in [-0.39, 0.29) is 0 Å². The second-order valence-corrected chi connectivity index (χ2v) is 3.47. The quantitative estimate of drug-likeness (QED) is 0.746. The molecule has 0 unspecified atom stereocenters. The molecular formula is C13H15NO4. The second-order valence-electron chi connectivity index (χ2n) is 3.47. The predicted octanol–water partition coefficient (Wildman–Crippen LogP) is 1.34. The van der Waals surface area contributed by atoms with Crippen molar-refractivity contribution in [2.45, 2.75) is 13.5 Å². The Hall–Kier alpha value is -2.30. The Morgan fingerprint density at radius 2 is 1.94 bits per heavy atom. The fraction of sp³-hybridized carbons (Fsp3) is 0.231. The average Bonchev–Trinajstić information content (AvgIpc) is 2.36. The molecule has 5 heteroatoms. The van der Waals surface area contributed by atoms with Crippen LogP contribution < -0.4 is 10.1 Å². The van der Waals surface area contributed by atoms with Crippen LogP contribution in [0, 0.1) is 0 Å². The van der Waals surface area contributed by atoms with Crippen molar-refractivity contribution >= 4 is 11.9 Å². The summed E-state index contributed by atoms with van der Waals surface area (Å²) in [6.07, 6.45) is 1.78. The van der Waals surface area contributed by atoms with Gasteiger partial charge >= 0.3 is 5.97 Å². The van der Waals surface area contributed by atoms with Gasteiger partial charge in [0.05, 0.1) is 6.61 Å². The van der Waals surface area contributed by atoms with Gasteiger partial charge in [-0.05, 0) is 24.6 Å². The molecule has 0 bridgehead atoms. The Bertz CT molecular complexity index is 437. The van der Waals surface area contributed by atoms with E-state index >= 15 is 0 Å². The number of nitrogens with one attached hydrogen (secondary N) is 1. The number of aliphatic carboxylic acids is 1. The number of amides is 1. The first-order valence-corrected chi connectivity index (χ1v) is 5.52. The lowest BCUT2D eigenvalue weighted by molar-refractivity contribution is -0.131. The highest BCUT2D eigenvalue weighted by Crippen LogP contribution is 2.11. The standard InChI is InChI=1S/C13H15NO4/c1-2-18-11-5-3-10(4-6-11)9-14-12(15)7-8-13(16)17/h3-8H,2,9H2,1H3,(H,14,15)(H,16,17)/b8-7+. The van der Waals surface area contributed by atoms with E-state index in [0.717, 1.165) is 23.5 Å². The van der Waals surface area contributed by atoms with Crippen LogP contribution in [0.4, 0.5) is 0 Å². The van der Waals surface area contributed by atoms with Crippen molar-refractivity contribution in [3.05, 3.63) is 42.0 Å². The maximum atomic E-state index is 11.2. The van der Waals surface area contributed by atoms with E-state index in [2.05, 4.69) is 5.32 Å². The zero-order chi connectivity index (χ0) is 13.4. The van der Waals surface area contributed by atoms with E-state index in [4.69, 9.17) is 9.84 Å². The van der Waals surface area contributed by atoms with Crippen molar-refractivity contribution in [2.24, 2.45) is 0 Å². The van der Waals surface area contributed by atoms with Gasteiger partial charge in [-0.15, -0.1) is 0 Å². The maximum absolute atomic E-state index is 11.2. The van der Waals surface area contributed by atoms with Crippen molar-refractivity contribution in [1.82, 2.24) is 5.32 Å². The molecule has 0 aliphatic heterocycles. The number of ether oxygens (including phenoxy) is 1. The van der Waals surface area contributed by atoms with Gasteiger partial charge in [0.15, 0.2) is 0 Å². The van der Waals surface area contributed by atoms with Crippen LogP contribution in [-0.4, -0.2) is 23.6 Å². The number of carboxylic acids is 1. The van der Waals surface area contributed by atoms with Gasteiger partial charge in [0, 0.05) is 18.7 Å². The molecule has 1 rings (SSSR count). The Morgan fingerprint density at radius 3 is 2.50 bits per heavy atom. The number of hydrogen-bond acceptors (Lipinski definition) is 3. The Balaban J connectivity index is 2.43. The van der Waals surface area contributed by atoms with Crippen LogP contribution in [0.5, 0.6) is 5.75 Å². The van der Waals surface area contributed by atoms with E-state index in [0.29, 0.717) is 13.2 Å². The second kappa shape index (κ2) is 7.11. The lowest BCUT2D eigenvalue weighted by Crippen LogP contribution is -2.20. The highest BCUT2D eigenvalue weighted by Gasteiger charge is 1.98. The van der Waals surface area contributed by atoms with Gasteiger partial charge < -0.3 is 15.2 Å². The molecule has 0 spiro atoms. The molecule has 0 aliphatic carbocycles. The molecule has 1 amide bonds. The minimum absolute atomic E-state index is 0.342. The highest BCUT2D eigenvalue weighted by molar-refractivity contribution is 5.93. The van der Waals surface area contributed by atoms with Crippen molar-refractivity contribution in [2.75, 3.05) is 6.61 Å². The van der Waals surface area contributed by atoms with Gasteiger partial charge in [0.2, 0.25) is 5.91 Å². The number of rotatable bonds is 6. The molecule has 0 saturated heterocycles. The highest BCUT2D eigenvalue weighted by atomic mass is 16.5. The first-order chi connectivity index (χ1) is 8.61. The van der Waals surface area contributed by atoms with Crippen molar-refractivity contribution in [3.63, 3.8) is 0 Å². The molecule has 0 saturated carbocycles. The SMILES string of the molecule is CCOc1ccc(CNC(=O)/C=C/C(=O)O)cc1. The molecule has 5 nitrogen and oxygen atoms in total. The number of carboxylic acid groups (broad SMARTS) is 1. The van der Waals surface area contributed by atoms with Gasteiger partial charge in [0.25, 0.3) is 0 Å². The van der Waals surface area contributed by atoms with Gasteiger partial charge in [-0.25, -0.2) is 4.79 Å². The summed E-state index contributed by atoms with van der Waals surface area (Å²) in [6.45, 7) is 2.86. The van der Waals surface area contributed by atoms with Gasteiger partial charge in [0.1, 0.15) is 5.75 Å². The van der Waals surface area contributed by atoms with E-state index < -0.39 is 11.9 Å². The van der Waals surface area contributed by atoms with Crippen molar-refractivity contribution in [3.8, 4) is 5.75 Å². The Kier molecular flexibility index (Phi) is 5.44. The van der Waals surface area contributed by atoms with Crippen LogP contribution in [0.2, 0.25) is 0 Å². The fourth-order valence-corrected chi connectivity index (χ4v) is 1.27. The van der Waals surface area contributed by atoms with E-state index in [1.165, 1.54) is 0 Å². The summed E-state index contributed by atoms with van der Waals surface area (Å²) >= 11 is 0. The van der Waals surface area contributed by atoms with Crippen molar-refractivity contribution < 1.29 is 19.4 Å². The Morgan fingerprint density at radius 1 is 1.28 bits per heavy atom. The lowest BCUT2D eigenvalue weighted by Gasteiger charge is -2.05. The molecule has 0 radical (unpaired) electrons. The average molecular weight is 249 g/mol. The zero-order valence-corrected chi connectivity index (χ0v) is 10.1. The molecule has 0 aliphatic rings. The predicted molar refractivity (Wildman–Crippen MR) is 66.2 cm³/mol. The van der Waals surface area contributed by atoms with Crippen LogP contribution in [0.1, 0.15) is 12.5 Å². The van der Waals surface area contributed by atoms with Crippen LogP contribution in [0.3, 0.4) is 0 Å². The van der Waals surface area contributed by atoms with Crippen LogP contribution in [-0.2, 0) is 16.1 Å². The molecule has 1 aromatic carbocycles. The van der Waals surface area contributed by atoms with Gasteiger partial charge in [-0.2, -0.15) is 0 Å². The summed E-state index contributed by atoms with van der Waals surface area (Å²) in [5, 5.41) is 10.9. The maximum Gasteiger partial charge on any atom is 0.328 e. The molecule has 0 aromatic heterocycles. The number of carbonyl (C=O) groups is 2. The summed E-state index contributed by atoms with van der Waals surface area (Å²) < 4.78 is 5.29. The zero-order valence-electron chi connectivity index (χ0n) is 10.1. The summed E-state index contributed by atoms with van der Waals surface area (Å²) in [4.78, 5) is 21.4. The van der Waals surface area contributed by atoms with Crippen LogP contribution >= 0.6 is 0 Å². The minimum atomic E-state index is -1.15. The van der Waals surface area contributed by atoms with E-state index in [1.54, 1.807) is 0 Å². The summed E-state index contributed by atoms with van der Waals surface area (Å²) in [5.74, 6) is -0.809. The normalized spacial score (nSPS) is 10.3. The number of carbonyl (C=O) groups excluding carboxylic acids is 1. The van der Waals surface area contributed by atoms with Crippen LogP contribution in [0.25, 0.3) is 0 Å². The molecule has 18 heavy (non-hydrogen) atoms. The summed E-state index contributed by atoms with van der Waals surface area (Å²) in [7, 11) is 0. The molecule has 2 N–H and O–H groups in total. The van der Waals surface area contributed by atoms with E-state index in [1.807, 2.05) is 31.2 Å². The van der Waals surface area contributed by atoms with Gasteiger partial charge in [-0.3, -0.25) is 4.79 Å². The smallest absolute Gasteiger partial charge is 0.328 e. The third kappa shape index (κ3) is 5.16.